The molecular weight excluding hydrogens is 342 g/mol. The molecular formula is C18H17NO5S. The van der Waals surface area contributed by atoms with Crippen molar-refractivity contribution >= 4 is 29.2 Å². The maximum Gasteiger partial charge on any atom is 0.337 e. The third-order valence-electron chi connectivity index (χ3n) is 4.20. The fourth-order valence-electron chi connectivity index (χ4n) is 2.93. The van der Waals surface area contributed by atoms with Gasteiger partial charge in [0.15, 0.2) is 6.04 Å². The van der Waals surface area contributed by atoms with Gasteiger partial charge in [0.25, 0.3) is 5.91 Å². The van der Waals surface area contributed by atoms with Crippen molar-refractivity contribution in [2.45, 2.75) is 12.5 Å². The summed E-state index contributed by atoms with van der Waals surface area (Å²) in [4.78, 5) is 39.3. The summed E-state index contributed by atoms with van der Waals surface area (Å²) in [6.45, 7) is 0.435. The molecule has 1 unspecified atom stereocenters. The number of methoxy groups -OCH3 is 2. The Morgan fingerprint density at radius 2 is 1.72 bits per heavy atom. The molecule has 1 aromatic heterocycles. The Morgan fingerprint density at radius 3 is 2.36 bits per heavy atom. The summed E-state index contributed by atoms with van der Waals surface area (Å²) < 4.78 is 9.56. The first-order chi connectivity index (χ1) is 12.1. The Balaban J connectivity index is 1.90. The van der Waals surface area contributed by atoms with E-state index in [2.05, 4.69) is 4.74 Å². The van der Waals surface area contributed by atoms with Crippen LogP contribution >= 0.6 is 11.3 Å². The molecule has 2 aromatic rings. The molecule has 2 heterocycles. The first-order valence-electron chi connectivity index (χ1n) is 7.70. The van der Waals surface area contributed by atoms with Gasteiger partial charge in [0.2, 0.25) is 0 Å². The van der Waals surface area contributed by atoms with E-state index in [1.165, 1.54) is 31.3 Å². The minimum atomic E-state index is -0.743. The molecule has 130 valence electrons. The van der Waals surface area contributed by atoms with Gasteiger partial charge >= 0.3 is 11.9 Å². The van der Waals surface area contributed by atoms with Crippen molar-refractivity contribution in [3.63, 3.8) is 0 Å². The number of hydrogen-bond donors (Lipinski definition) is 0. The molecule has 0 N–H and O–H groups in total. The monoisotopic (exact) mass is 359 g/mol. The summed E-state index contributed by atoms with van der Waals surface area (Å²) in [5, 5.41) is 1.92. The molecule has 25 heavy (non-hydrogen) atoms. The molecule has 6 nitrogen and oxygen atoms in total. The molecule has 0 saturated heterocycles. The van der Waals surface area contributed by atoms with Crippen molar-refractivity contribution < 1.29 is 23.9 Å². The Labute approximate surface area is 149 Å². The van der Waals surface area contributed by atoms with E-state index in [0.717, 1.165) is 10.4 Å². The van der Waals surface area contributed by atoms with E-state index < -0.39 is 18.0 Å². The van der Waals surface area contributed by atoms with E-state index in [4.69, 9.17) is 4.74 Å². The van der Waals surface area contributed by atoms with Gasteiger partial charge in [-0.05, 0) is 47.7 Å². The van der Waals surface area contributed by atoms with Crippen LogP contribution in [0.1, 0.15) is 37.2 Å². The SMILES string of the molecule is COC(=O)c1ccc(C(=O)N2CCc3sccc3C2C(=O)OC)cc1. The van der Waals surface area contributed by atoms with Crippen LogP contribution in [-0.2, 0) is 20.7 Å². The summed E-state index contributed by atoms with van der Waals surface area (Å²) in [5.41, 5.74) is 1.59. The largest absolute Gasteiger partial charge is 0.467 e. The van der Waals surface area contributed by atoms with Gasteiger partial charge in [-0.15, -0.1) is 11.3 Å². The number of carbonyl (C=O) groups is 3. The second kappa shape index (κ2) is 7.06. The van der Waals surface area contributed by atoms with Crippen LogP contribution in [0.3, 0.4) is 0 Å². The molecule has 1 aliphatic rings. The van der Waals surface area contributed by atoms with Gasteiger partial charge in [-0.3, -0.25) is 4.79 Å². The fourth-order valence-corrected chi connectivity index (χ4v) is 3.84. The Kier molecular flexibility index (Phi) is 4.85. The third kappa shape index (κ3) is 3.15. The van der Waals surface area contributed by atoms with Crippen molar-refractivity contribution in [3.05, 3.63) is 57.3 Å². The molecule has 1 aliphatic heterocycles. The molecule has 1 atom stereocenters. The zero-order valence-electron chi connectivity index (χ0n) is 13.9. The number of carbonyl (C=O) groups excluding carboxylic acids is 3. The third-order valence-corrected chi connectivity index (χ3v) is 5.20. The topological polar surface area (TPSA) is 72.9 Å². The number of hydrogen-bond acceptors (Lipinski definition) is 6. The Hall–Kier alpha value is -2.67. The smallest absolute Gasteiger partial charge is 0.337 e. The van der Waals surface area contributed by atoms with Crippen LogP contribution in [0, 0.1) is 0 Å². The van der Waals surface area contributed by atoms with Gasteiger partial charge in [-0.1, -0.05) is 0 Å². The summed E-state index contributed by atoms with van der Waals surface area (Å²) in [6, 6.07) is 7.31. The van der Waals surface area contributed by atoms with E-state index in [0.29, 0.717) is 24.1 Å². The fraction of sp³-hybridized carbons (Fsp3) is 0.278. The molecule has 0 saturated carbocycles. The van der Waals surface area contributed by atoms with E-state index in [-0.39, 0.29) is 5.91 Å². The number of esters is 2. The van der Waals surface area contributed by atoms with Gasteiger partial charge in [0.05, 0.1) is 19.8 Å². The van der Waals surface area contributed by atoms with Crippen LogP contribution < -0.4 is 0 Å². The summed E-state index contributed by atoms with van der Waals surface area (Å²) in [7, 11) is 2.62. The molecule has 1 aromatic carbocycles. The molecule has 0 fully saturated rings. The van der Waals surface area contributed by atoms with Crippen molar-refractivity contribution in [2.75, 3.05) is 20.8 Å². The highest BCUT2D eigenvalue weighted by atomic mass is 32.1. The van der Waals surface area contributed by atoms with E-state index in [9.17, 15) is 14.4 Å². The number of benzene rings is 1. The Morgan fingerprint density at radius 1 is 1.04 bits per heavy atom. The predicted octanol–water partition coefficient (Wildman–Crippen LogP) is 2.45. The number of thiophene rings is 1. The van der Waals surface area contributed by atoms with Crippen LogP contribution in [0.15, 0.2) is 35.7 Å². The van der Waals surface area contributed by atoms with Gasteiger partial charge in [0.1, 0.15) is 0 Å². The van der Waals surface area contributed by atoms with Crippen LogP contribution in [0.25, 0.3) is 0 Å². The van der Waals surface area contributed by atoms with Gasteiger partial charge in [0, 0.05) is 17.0 Å². The number of amides is 1. The van der Waals surface area contributed by atoms with Crippen molar-refractivity contribution in [1.29, 1.82) is 0 Å². The number of rotatable bonds is 3. The molecule has 0 radical (unpaired) electrons. The minimum Gasteiger partial charge on any atom is -0.467 e. The van der Waals surface area contributed by atoms with Crippen LogP contribution in [0.4, 0.5) is 0 Å². The first-order valence-corrected chi connectivity index (χ1v) is 8.58. The zero-order valence-corrected chi connectivity index (χ0v) is 14.7. The van der Waals surface area contributed by atoms with Crippen molar-refractivity contribution in [2.24, 2.45) is 0 Å². The standard InChI is InChI=1S/C18H17NO5S/c1-23-17(21)12-5-3-11(4-6-12)16(20)19-9-7-14-13(8-10-25-14)15(19)18(22)24-2/h3-6,8,10,15H,7,9H2,1-2H3. The number of ether oxygens (including phenoxy) is 2. The minimum absolute atomic E-state index is 0.274. The maximum atomic E-state index is 12.9. The second-order valence-corrected chi connectivity index (χ2v) is 6.54. The van der Waals surface area contributed by atoms with Gasteiger partial charge < -0.3 is 14.4 Å². The second-order valence-electron chi connectivity index (χ2n) is 5.54. The average molecular weight is 359 g/mol. The molecule has 0 aliphatic carbocycles. The van der Waals surface area contributed by atoms with Crippen LogP contribution in [-0.4, -0.2) is 43.5 Å². The van der Waals surface area contributed by atoms with Gasteiger partial charge in [-0.2, -0.15) is 0 Å². The molecule has 0 spiro atoms. The van der Waals surface area contributed by atoms with Crippen LogP contribution in [0.5, 0.6) is 0 Å². The van der Waals surface area contributed by atoms with Crippen molar-refractivity contribution in [3.8, 4) is 0 Å². The predicted molar refractivity (Wildman–Crippen MR) is 91.6 cm³/mol. The summed E-state index contributed by atoms with van der Waals surface area (Å²) in [6.07, 6.45) is 0.701. The molecule has 1 amide bonds. The molecule has 7 heteroatoms. The lowest BCUT2D eigenvalue weighted by Crippen LogP contribution is -2.43. The zero-order chi connectivity index (χ0) is 18.0. The highest BCUT2D eigenvalue weighted by molar-refractivity contribution is 7.10. The normalized spacial score (nSPS) is 16.1. The van der Waals surface area contributed by atoms with Gasteiger partial charge in [-0.25, -0.2) is 9.59 Å². The lowest BCUT2D eigenvalue weighted by Gasteiger charge is -2.34. The molecule has 3 rings (SSSR count). The van der Waals surface area contributed by atoms with Crippen LogP contribution in [0.2, 0.25) is 0 Å². The average Bonchev–Trinajstić information content (AvgIpc) is 3.14. The summed E-state index contributed by atoms with van der Waals surface area (Å²) in [5.74, 6) is -1.20. The lowest BCUT2D eigenvalue weighted by atomic mass is 9.98. The highest BCUT2D eigenvalue weighted by Gasteiger charge is 2.37. The van der Waals surface area contributed by atoms with E-state index in [1.807, 2.05) is 11.4 Å². The first kappa shape index (κ1) is 17.2. The quantitative estimate of drug-likeness (QED) is 0.787. The van der Waals surface area contributed by atoms with E-state index in [1.54, 1.807) is 23.5 Å². The van der Waals surface area contributed by atoms with Crippen molar-refractivity contribution in [1.82, 2.24) is 4.90 Å². The number of nitrogens with zero attached hydrogens (tertiary/aromatic N) is 1. The number of fused-ring (bicyclic) bond motifs is 1. The summed E-state index contributed by atoms with van der Waals surface area (Å²) >= 11 is 1.58. The Bertz CT molecular complexity index is 811. The van der Waals surface area contributed by atoms with E-state index >= 15 is 0 Å². The highest BCUT2D eigenvalue weighted by Crippen LogP contribution is 2.35. The maximum absolute atomic E-state index is 12.9. The lowest BCUT2D eigenvalue weighted by molar-refractivity contribution is -0.146. The molecule has 0 bridgehead atoms.